The lowest BCUT2D eigenvalue weighted by atomic mass is 10.1. The molecule has 0 fully saturated rings. The molecule has 0 radical (unpaired) electrons. The van der Waals surface area contributed by atoms with Gasteiger partial charge in [0.05, 0.1) is 7.11 Å². The van der Waals surface area contributed by atoms with Crippen LogP contribution in [0.5, 0.6) is 11.5 Å². The van der Waals surface area contributed by atoms with E-state index in [0.717, 1.165) is 13.0 Å². The first-order valence-electron chi connectivity index (χ1n) is 6.50. The van der Waals surface area contributed by atoms with Crippen molar-refractivity contribution in [3.8, 4) is 11.5 Å². The monoisotopic (exact) mass is 268 g/mol. The second kappa shape index (κ2) is 7.33. The van der Waals surface area contributed by atoms with Crippen molar-refractivity contribution in [3.63, 3.8) is 0 Å². The predicted octanol–water partition coefficient (Wildman–Crippen LogP) is 1.11. The molecule has 4 N–H and O–H groups in total. The van der Waals surface area contributed by atoms with Crippen molar-refractivity contribution in [2.75, 3.05) is 20.2 Å². The standard InChI is InChI=1S/C14H24N2O3/c1-4-9-16-13(14(2,17)10-15)19-12-8-6-5-7-11(12)18-3/h5-8,13,16-17H,4,9-10,15H2,1-3H3. The van der Waals surface area contributed by atoms with Gasteiger partial charge in [0.1, 0.15) is 5.60 Å². The average Bonchev–Trinajstić information content (AvgIpc) is 2.43. The zero-order chi connectivity index (χ0) is 14.3. The van der Waals surface area contributed by atoms with Crippen LogP contribution >= 0.6 is 0 Å². The maximum Gasteiger partial charge on any atom is 0.180 e. The highest BCUT2D eigenvalue weighted by Gasteiger charge is 2.32. The molecule has 1 aromatic rings. The molecule has 0 aliphatic heterocycles. The van der Waals surface area contributed by atoms with E-state index in [0.29, 0.717) is 11.5 Å². The third-order valence-corrected chi connectivity index (χ3v) is 2.87. The number of para-hydroxylation sites is 2. The van der Waals surface area contributed by atoms with Gasteiger partial charge in [0.15, 0.2) is 17.7 Å². The number of ether oxygens (including phenoxy) is 2. The number of nitrogens with two attached hydrogens (primary N) is 1. The van der Waals surface area contributed by atoms with E-state index in [2.05, 4.69) is 5.32 Å². The molecule has 19 heavy (non-hydrogen) atoms. The molecule has 1 rings (SSSR count). The van der Waals surface area contributed by atoms with Gasteiger partial charge in [0, 0.05) is 6.54 Å². The molecule has 108 valence electrons. The molecule has 0 aliphatic rings. The second-order valence-electron chi connectivity index (χ2n) is 4.66. The van der Waals surface area contributed by atoms with Gasteiger partial charge in [-0.2, -0.15) is 0 Å². The van der Waals surface area contributed by atoms with E-state index in [1.165, 1.54) is 0 Å². The van der Waals surface area contributed by atoms with Crippen LogP contribution in [-0.2, 0) is 0 Å². The van der Waals surface area contributed by atoms with Gasteiger partial charge in [-0.3, -0.25) is 5.32 Å². The molecule has 0 bridgehead atoms. The van der Waals surface area contributed by atoms with Crippen LogP contribution in [0.2, 0.25) is 0 Å². The Morgan fingerprint density at radius 3 is 2.53 bits per heavy atom. The molecule has 5 heteroatoms. The number of methoxy groups -OCH3 is 1. The highest BCUT2D eigenvalue weighted by Crippen LogP contribution is 2.28. The second-order valence-corrected chi connectivity index (χ2v) is 4.66. The molecule has 2 unspecified atom stereocenters. The molecule has 0 amide bonds. The van der Waals surface area contributed by atoms with Gasteiger partial charge in [-0.1, -0.05) is 19.1 Å². The molecular weight excluding hydrogens is 244 g/mol. The Bertz CT molecular complexity index is 383. The summed E-state index contributed by atoms with van der Waals surface area (Å²) in [5, 5.41) is 13.4. The Labute approximate surface area is 114 Å². The zero-order valence-electron chi connectivity index (χ0n) is 11.8. The molecule has 0 aliphatic carbocycles. The summed E-state index contributed by atoms with van der Waals surface area (Å²) in [5.41, 5.74) is 4.45. The summed E-state index contributed by atoms with van der Waals surface area (Å²) in [6.45, 7) is 4.53. The molecule has 1 aromatic carbocycles. The number of hydrogen-bond donors (Lipinski definition) is 3. The van der Waals surface area contributed by atoms with Gasteiger partial charge in [-0.15, -0.1) is 0 Å². The minimum absolute atomic E-state index is 0.101. The lowest BCUT2D eigenvalue weighted by molar-refractivity contribution is -0.0574. The first-order chi connectivity index (χ1) is 9.05. The van der Waals surface area contributed by atoms with E-state index >= 15 is 0 Å². The average molecular weight is 268 g/mol. The quantitative estimate of drug-likeness (QED) is 0.616. The highest BCUT2D eigenvalue weighted by atomic mass is 16.5. The van der Waals surface area contributed by atoms with Gasteiger partial charge in [-0.25, -0.2) is 0 Å². The first-order valence-corrected chi connectivity index (χ1v) is 6.50. The third-order valence-electron chi connectivity index (χ3n) is 2.87. The number of nitrogens with one attached hydrogen (secondary N) is 1. The minimum atomic E-state index is -1.16. The lowest BCUT2D eigenvalue weighted by Crippen LogP contribution is -2.56. The number of aliphatic hydroxyl groups is 1. The van der Waals surface area contributed by atoms with Crippen LogP contribution in [0.3, 0.4) is 0 Å². The van der Waals surface area contributed by atoms with Crippen molar-refractivity contribution in [2.45, 2.75) is 32.1 Å². The smallest absolute Gasteiger partial charge is 0.180 e. The van der Waals surface area contributed by atoms with Crippen LogP contribution in [0.25, 0.3) is 0 Å². The fraction of sp³-hybridized carbons (Fsp3) is 0.571. The normalized spacial score (nSPS) is 15.6. The van der Waals surface area contributed by atoms with Gasteiger partial charge < -0.3 is 20.3 Å². The molecule has 2 atom stereocenters. The summed E-state index contributed by atoms with van der Waals surface area (Å²) < 4.78 is 11.1. The van der Waals surface area contributed by atoms with Gasteiger partial charge >= 0.3 is 0 Å². The first kappa shape index (κ1) is 15.8. The van der Waals surface area contributed by atoms with Crippen molar-refractivity contribution in [2.24, 2.45) is 5.73 Å². The zero-order valence-corrected chi connectivity index (χ0v) is 11.8. The molecular formula is C14H24N2O3. The summed E-state index contributed by atoms with van der Waals surface area (Å²) in [7, 11) is 1.58. The van der Waals surface area contributed by atoms with Crippen molar-refractivity contribution in [1.82, 2.24) is 5.32 Å². The van der Waals surface area contributed by atoms with E-state index < -0.39 is 11.8 Å². The molecule has 0 spiro atoms. The van der Waals surface area contributed by atoms with E-state index in [1.807, 2.05) is 25.1 Å². The molecule has 5 nitrogen and oxygen atoms in total. The number of rotatable bonds is 8. The largest absolute Gasteiger partial charge is 0.493 e. The van der Waals surface area contributed by atoms with Crippen LogP contribution in [0, 0.1) is 0 Å². The fourth-order valence-corrected chi connectivity index (χ4v) is 1.61. The Balaban J connectivity index is 2.87. The maximum absolute atomic E-state index is 10.3. The maximum atomic E-state index is 10.3. The summed E-state index contributed by atoms with van der Waals surface area (Å²) in [4.78, 5) is 0. The van der Waals surface area contributed by atoms with Crippen molar-refractivity contribution >= 4 is 0 Å². The van der Waals surface area contributed by atoms with Crippen LogP contribution in [0.15, 0.2) is 24.3 Å². The summed E-state index contributed by atoms with van der Waals surface area (Å²) >= 11 is 0. The van der Waals surface area contributed by atoms with Crippen LogP contribution in [-0.4, -0.2) is 37.1 Å². The third kappa shape index (κ3) is 4.38. The number of hydrogen-bond acceptors (Lipinski definition) is 5. The van der Waals surface area contributed by atoms with E-state index in [-0.39, 0.29) is 6.54 Å². The van der Waals surface area contributed by atoms with Crippen molar-refractivity contribution < 1.29 is 14.6 Å². The molecule has 0 saturated heterocycles. The summed E-state index contributed by atoms with van der Waals surface area (Å²) in [5.74, 6) is 1.20. The van der Waals surface area contributed by atoms with E-state index in [9.17, 15) is 5.11 Å². The Hall–Kier alpha value is -1.30. The Kier molecular flexibility index (Phi) is 6.08. The topological polar surface area (TPSA) is 76.7 Å². The van der Waals surface area contributed by atoms with Crippen LogP contribution < -0.4 is 20.5 Å². The Morgan fingerprint density at radius 1 is 1.37 bits per heavy atom. The van der Waals surface area contributed by atoms with E-state index in [4.69, 9.17) is 15.2 Å². The highest BCUT2D eigenvalue weighted by molar-refractivity contribution is 5.39. The van der Waals surface area contributed by atoms with Gasteiger partial charge in [0.2, 0.25) is 0 Å². The lowest BCUT2D eigenvalue weighted by Gasteiger charge is -2.33. The van der Waals surface area contributed by atoms with Crippen LogP contribution in [0.4, 0.5) is 0 Å². The Morgan fingerprint density at radius 2 is 2.00 bits per heavy atom. The summed E-state index contributed by atoms with van der Waals surface area (Å²) in [6.07, 6.45) is 0.348. The van der Waals surface area contributed by atoms with Gasteiger partial charge in [0.25, 0.3) is 0 Å². The SMILES string of the molecule is CCCNC(Oc1ccccc1OC)C(C)(O)CN. The molecule has 0 aromatic heterocycles. The van der Waals surface area contributed by atoms with E-state index in [1.54, 1.807) is 20.1 Å². The fourth-order valence-electron chi connectivity index (χ4n) is 1.61. The van der Waals surface area contributed by atoms with Crippen molar-refractivity contribution in [1.29, 1.82) is 0 Å². The molecule has 0 heterocycles. The number of benzene rings is 1. The molecule has 0 saturated carbocycles. The predicted molar refractivity (Wildman–Crippen MR) is 75.4 cm³/mol. The van der Waals surface area contributed by atoms with Gasteiger partial charge in [-0.05, 0) is 32.0 Å². The van der Waals surface area contributed by atoms with Crippen LogP contribution in [0.1, 0.15) is 20.3 Å². The minimum Gasteiger partial charge on any atom is -0.493 e. The summed E-state index contributed by atoms with van der Waals surface area (Å²) in [6, 6.07) is 7.32. The van der Waals surface area contributed by atoms with Crippen molar-refractivity contribution in [3.05, 3.63) is 24.3 Å².